The maximum absolute atomic E-state index is 13.5. The molecule has 0 heterocycles. The maximum atomic E-state index is 13.5. The summed E-state index contributed by atoms with van der Waals surface area (Å²) in [4.78, 5) is 14.2. The van der Waals surface area contributed by atoms with Gasteiger partial charge < -0.3 is 10.1 Å². The molecule has 1 amide bonds. The number of nitrogens with one attached hydrogen (secondary N) is 1. The predicted octanol–water partition coefficient (Wildman–Crippen LogP) is 6.66. The van der Waals surface area contributed by atoms with Crippen molar-refractivity contribution in [3.05, 3.63) is 114 Å². The van der Waals surface area contributed by atoms with Crippen molar-refractivity contribution in [2.75, 3.05) is 22.8 Å². The summed E-state index contributed by atoms with van der Waals surface area (Å²) in [6.07, 6.45) is 0. The summed E-state index contributed by atoms with van der Waals surface area (Å²) >= 11 is 1.72. The molecular weight excluding hydrogens is 535 g/mol. The summed E-state index contributed by atoms with van der Waals surface area (Å²) in [5, 5.41) is 2.84. The normalized spacial score (nSPS) is 11.2. The van der Waals surface area contributed by atoms with Gasteiger partial charge in [-0.25, -0.2) is 12.8 Å². The summed E-state index contributed by atoms with van der Waals surface area (Å²) in [6, 6.07) is 26.8. The third-order valence-electron chi connectivity index (χ3n) is 5.84. The van der Waals surface area contributed by atoms with E-state index in [2.05, 4.69) is 17.4 Å². The number of sulfonamides is 1. The van der Waals surface area contributed by atoms with Crippen molar-refractivity contribution in [3.8, 4) is 5.75 Å². The molecule has 6 nitrogen and oxygen atoms in total. The first-order valence-electron chi connectivity index (χ1n) is 12.3. The highest BCUT2D eigenvalue weighted by molar-refractivity contribution is 7.98. The van der Waals surface area contributed by atoms with Crippen LogP contribution in [0.15, 0.2) is 107 Å². The molecule has 4 aromatic carbocycles. The third-order valence-corrected chi connectivity index (χ3v) is 8.71. The van der Waals surface area contributed by atoms with Crippen LogP contribution < -0.4 is 14.4 Å². The number of nitrogens with zero attached hydrogens (tertiary/aromatic N) is 1. The van der Waals surface area contributed by atoms with Gasteiger partial charge in [0.15, 0.2) is 0 Å². The molecule has 1 N–H and O–H groups in total. The van der Waals surface area contributed by atoms with Gasteiger partial charge in [0.1, 0.15) is 18.1 Å². The maximum Gasteiger partial charge on any atom is 0.264 e. The van der Waals surface area contributed by atoms with Crippen LogP contribution in [0, 0.1) is 12.7 Å². The van der Waals surface area contributed by atoms with Gasteiger partial charge in [0.2, 0.25) is 5.91 Å². The molecule has 0 atom stereocenters. The first-order valence-corrected chi connectivity index (χ1v) is 14.8. The van der Waals surface area contributed by atoms with Crippen LogP contribution in [-0.2, 0) is 20.6 Å². The summed E-state index contributed by atoms with van der Waals surface area (Å²) in [5.41, 5.74) is 2.85. The van der Waals surface area contributed by atoms with E-state index < -0.39 is 28.3 Å². The largest absolute Gasteiger partial charge is 0.494 e. The van der Waals surface area contributed by atoms with Gasteiger partial charge in [-0.3, -0.25) is 9.10 Å². The van der Waals surface area contributed by atoms with Crippen LogP contribution in [0.5, 0.6) is 5.75 Å². The molecule has 202 valence electrons. The van der Waals surface area contributed by atoms with Crippen LogP contribution in [-0.4, -0.2) is 27.5 Å². The van der Waals surface area contributed by atoms with E-state index in [-0.39, 0.29) is 10.6 Å². The topological polar surface area (TPSA) is 75.7 Å². The van der Waals surface area contributed by atoms with Crippen molar-refractivity contribution >= 4 is 39.1 Å². The minimum Gasteiger partial charge on any atom is -0.494 e. The number of carbonyl (C=O) groups excluding carboxylic acids is 1. The molecule has 4 aromatic rings. The van der Waals surface area contributed by atoms with E-state index in [1.165, 1.54) is 17.0 Å². The Kier molecular flexibility index (Phi) is 9.27. The molecule has 39 heavy (non-hydrogen) atoms. The van der Waals surface area contributed by atoms with Gasteiger partial charge in [0, 0.05) is 16.3 Å². The van der Waals surface area contributed by atoms with Crippen molar-refractivity contribution in [2.45, 2.75) is 29.4 Å². The van der Waals surface area contributed by atoms with Crippen molar-refractivity contribution < 1.29 is 22.3 Å². The Labute approximate surface area is 232 Å². The average molecular weight is 565 g/mol. The molecule has 0 aliphatic heterocycles. The number of rotatable bonds is 11. The van der Waals surface area contributed by atoms with Crippen LogP contribution >= 0.6 is 11.8 Å². The van der Waals surface area contributed by atoms with E-state index in [9.17, 15) is 17.6 Å². The first kappa shape index (κ1) is 28.2. The summed E-state index contributed by atoms with van der Waals surface area (Å²) in [6.45, 7) is 3.73. The summed E-state index contributed by atoms with van der Waals surface area (Å²) in [5.74, 6) is 0.288. The van der Waals surface area contributed by atoms with E-state index in [0.717, 1.165) is 33.3 Å². The molecule has 0 aliphatic rings. The van der Waals surface area contributed by atoms with Crippen molar-refractivity contribution in [1.29, 1.82) is 0 Å². The molecule has 0 saturated heterocycles. The second kappa shape index (κ2) is 12.8. The van der Waals surface area contributed by atoms with E-state index >= 15 is 0 Å². The Balaban J connectivity index is 1.52. The lowest BCUT2D eigenvalue weighted by Gasteiger charge is -2.24. The van der Waals surface area contributed by atoms with E-state index in [1.54, 1.807) is 36.0 Å². The van der Waals surface area contributed by atoms with Gasteiger partial charge >= 0.3 is 0 Å². The lowest BCUT2D eigenvalue weighted by molar-refractivity contribution is -0.114. The second-order valence-electron chi connectivity index (χ2n) is 8.69. The molecule has 0 fully saturated rings. The van der Waals surface area contributed by atoms with Gasteiger partial charge in [0.25, 0.3) is 10.0 Å². The van der Waals surface area contributed by atoms with E-state index in [4.69, 9.17) is 4.74 Å². The standard InChI is InChI=1S/C30H29FN2O4S2/c1-3-37-26-14-12-25(13-15-26)33(39(35,36)28-16-10-24(31)11-17-28)20-30(34)32-29-18-9-23(19-22(29)2)21-38-27-7-5-4-6-8-27/h4-19H,3,20-21H2,1-2H3,(H,32,34). The summed E-state index contributed by atoms with van der Waals surface area (Å²) in [7, 11) is -4.17. The molecule has 9 heteroatoms. The molecule has 0 aliphatic carbocycles. The van der Waals surface area contributed by atoms with Gasteiger partial charge in [0.05, 0.1) is 17.2 Å². The molecule has 4 rings (SSSR count). The van der Waals surface area contributed by atoms with Crippen LogP contribution in [0.25, 0.3) is 0 Å². The number of amides is 1. The number of halogens is 1. The zero-order valence-corrected chi connectivity index (χ0v) is 23.3. The minimum atomic E-state index is -4.17. The Bertz CT molecular complexity index is 1510. The van der Waals surface area contributed by atoms with Crippen LogP contribution in [0.1, 0.15) is 18.1 Å². The van der Waals surface area contributed by atoms with Crippen LogP contribution in [0.2, 0.25) is 0 Å². The highest BCUT2D eigenvalue weighted by atomic mass is 32.2. The SMILES string of the molecule is CCOc1ccc(N(CC(=O)Nc2ccc(CSc3ccccc3)cc2C)S(=O)(=O)c2ccc(F)cc2)cc1. The second-order valence-corrected chi connectivity index (χ2v) is 11.6. The molecule has 0 radical (unpaired) electrons. The monoisotopic (exact) mass is 564 g/mol. The fourth-order valence-electron chi connectivity index (χ4n) is 3.88. The van der Waals surface area contributed by atoms with Crippen molar-refractivity contribution in [3.63, 3.8) is 0 Å². The van der Waals surface area contributed by atoms with Crippen LogP contribution in [0.3, 0.4) is 0 Å². The highest BCUT2D eigenvalue weighted by Gasteiger charge is 2.27. The molecule has 0 bridgehead atoms. The number of thioether (sulfide) groups is 1. The smallest absolute Gasteiger partial charge is 0.264 e. The molecule has 0 unspecified atom stereocenters. The number of aryl methyl sites for hydroxylation is 1. The zero-order valence-electron chi connectivity index (χ0n) is 21.6. The highest BCUT2D eigenvalue weighted by Crippen LogP contribution is 2.28. The third kappa shape index (κ3) is 7.40. The molecule has 0 spiro atoms. The van der Waals surface area contributed by atoms with Gasteiger partial charge in [-0.2, -0.15) is 0 Å². The van der Waals surface area contributed by atoms with Crippen molar-refractivity contribution in [2.24, 2.45) is 0 Å². The van der Waals surface area contributed by atoms with Gasteiger partial charge in [-0.15, -0.1) is 11.8 Å². The Morgan fingerprint density at radius 2 is 1.64 bits per heavy atom. The zero-order chi connectivity index (χ0) is 27.8. The Morgan fingerprint density at radius 1 is 0.949 bits per heavy atom. The lowest BCUT2D eigenvalue weighted by atomic mass is 10.1. The fraction of sp³-hybridized carbons (Fsp3) is 0.167. The average Bonchev–Trinajstić information content (AvgIpc) is 2.93. The number of anilines is 2. The predicted molar refractivity (Wildman–Crippen MR) is 154 cm³/mol. The number of hydrogen-bond acceptors (Lipinski definition) is 5. The quantitative estimate of drug-likeness (QED) is 0.206. The van der Waals surface area contributed by atoms with Gasteiger partial charge in [-0.05, 0) is 91.7 Å². The number of hydrogen-bond donors (Lipinski definition) is 1. The van der Waals surface area contributed by atoms with Crippen molar-refractivity contribution in [1.82, 2.24) is 0 Å². The first-order chi connectivity index (χ1) is 18.8. The number of benzene rings is 4. The number of ether oxygens (including phenoxy) is 1. The Morgan fingerprint density at radius 3 is 2.28 bits per heavy atom. The van der Waals surface area contributed by atoms with Gasteiger partial charge in [-0.1, -0.05) is 30.3 Å². The molecule has 0 aromatic heterocycles. The minimum absolute atomic E-state index is 0.123. The Hall–Kier alpha value is -3.82. The summed E-state index contributed by atoms with van der Waals surface area (Å²) < 4.78 is 47.0. The molecular formula is C30H29FN2O4S2. The lowest BCUT2D eigenvalue weighted by Crippen LogP contribution is -2.38. The number of carbonyl (C=O) groups is 1. The van der Waals surface area contributed by atoms with E-state index in [0.29, 0.717) is 18.0 Å². The van der Waals surface area contributed by atoms with E-state index in [1.807, 2.05) is 50.2 Å². The molecule has 0 saturated carbocycles. The van der Waals surface area contributed by atoms with Crippen LogP contribution in [0.4, 0.5) is 15.8 Å². The fourth-order valence-corrected chi connectivity index (χ4v) is 6.17.